The van der Waals surface area contributed by atoms with Crippen molar-refractivity contribution in [3.05, 3.63) is 40.0 Å². The molecule has 0 aliphatic heterocycles. The van der Waals surface area contributed by atoms with Crippen molar-refractivity contribution in [2.24, 2.45) is 0 Å². The number of hydrogen-bond donors (Lipinski definition) is 1. The number of aromatic carboxylic acids is 1. The molecular weight excluding hydrogens is 278 g/mol. The third-order valence-corrected chi connectivity index (χ3v) is 3.17. The van der Waals surface area contributed by atoms with Crippen LogP contribution in [-0.4, -0.2) is 35.6 Å². The van der Waals surface area contributed by atoms with Gasteiger partial charge in [-0.05, 0) is 19.4 Å². The summed E-state index contributed by atoms with van der Waals surface area (Å²) in [5.74, 6) is -1.43. The number of carboxylic acid groups (broad SMARTS) is 1. The van der Waals surface area contributed by atoms with E-state index in [1.165, 1.54) is 4.68 Å². The fraction of sp³-hybridized carbons (Fsp3) is 0.417. The van der Waals surface area contributed by atoms with Gasteiger partial charge in [0, 0.05) is 12.2 Å². The summed E-state index contributed by atoms with van der Waals surface area (Å²) in [4.78, 5) is 21.0. The highest BCUT2D eigenvalue weighted by Crippen LogP contribution is 2.17. The van der Waals surface area contributed by atoms with E-state index in [0.29, 0.717) is 5.69 Å². The topological polar surface area (TPSA) is 116 Å². The number of carboxylic acids is 1. The summed E-state index contributed by atoms with van der Waals surface area (Å²) in [6.45, 7) is 4.25. The van der Waals surface area contributed by atoms with E-state index < -0.39 is 22.3 Å². The Morgan fingerprint density at radius 3 is 2.76 bits per heavy atom. The normalized spacial score (nSPS) is 12.3. The van der Waals surface area contributed by atoms with E-state index in [0.717, 1.165) is 12.6 Å². The molecule has 2 heterocycles. The summed E-state index contributed by atoms with van der Waals surface area (Å²) in [5, 5.41) is 27.8. The van der Waals surface area contributed by atoms with Gasteiger partial charge in [0.2, 0.25) is 5.69 Å². The lowest BCUT2D eigenvalue weighted by Gasteiger charge is -2.08. The Balaban J connectivity index is 2.24. The zero-order valence-corrected chi connectivity index (χ0v) is 11.6. The van der Waals surface area contributed by atoms with Crippen LogP contribution in [0.2, 0.25) is 0 Å². The van der Waals surface area contributed by atoms with Gasteiger partial charge in [-0.2, -0.15) is 10.2 Å². The van der Waals surface area contributed by atoms with Gasteiger partial charge in [0.05, 0.1) is 17.2 Å². The fourth-order valence-electron chi connectivity index (χ4n) is 1.84. The number of hydrogen-bond acceptors (Lipinski definition) is 5. The molecule has 9 nitrogen and oxygen atoms in total. The van der Waals surface area contributed by atoms with Crippen molar-refractivity contribution in [3.63, 3.8) is 0 Å². The van der Waals surface area contributed by atoms with E-state index in [2.05, 4.69) is 10.2 Å². The Bertz CT molecular complexity index is 643. The SMILES string of the molecule is CCC(C)n1ccc(Cn2cc([N+](=O)[O-])c(C(=O)O)n2)n1. The summed E-state index contributed by atoms with van der Waals surface area (Å²) in [5.41, 5.74) is -0.435. The zero-order valence-electron chi connectivity index (χ0n) is 11.6. The van der Waals surface area contributed by atoms with Crippen LogP contribution in [-0.2, 0) is 6.54 Å². The maximum Gasteiger partial charge on any atom is 0.363 e. The van der Waals surface area contributed by atoms with Gasteiger partial charge >= 0.3 is 11.7 Å². The van der Waals surface area contributed by atoms with Crippen molar-refractivity contribution in [1.82, 2.24) is 19.6 Å². The number of rotatable bonds is 6. The Labute approximate surface area is 120 Å². The predicted molar refractivity (Wildman–Crippen MR) is 72.2 cm³/mol. The largest absolute Gasteiger partial charge is 0.476 e. The summed E-state index contributed by atoms with van der Waals surface area (Å²) < 4.78 is 3.01. The minimum Gasteiger partial charge on any atom is -0.476 e. The average Bonchev–Trinajstić information content (AvgIpc) is 3.05. The van der Waals surface area contributed by atoms with Crippen LogP contribution in [0.25, 0.3) is 0 Å². The molecule has 2 aromatic heterocycles. The smallest absolute Gasteiger partial charge is 0.363 e. The lowest BCUT2D eigenvalue weighted by Crippen LogP contribution is -2.07. The molecule has 1 atom stereocenters. The molecule has 0 spiro atoms. The van der Waals surface area contributed by atoms with Gasteiger partial charge in [-0.15, -0.1) is 0 Å². The van der Waals surface area contributed by atoms with Gasteiger partial charge < -0.3 is 5.11 Å². The number of aromatic nitrogens is 4. The van der Waals surface area contributed by atoms with Gasteiger partial charge in [0.25, 0.3) is 0 Å². The van der Waals surface area contributed by atoms with E-state index in [1.54, 1.807) is 10.7 Å². The second-order valence-electron chi connectivity index (χ2n) is 4.67. The molecule has 0 radical (unpaired) electrons. The second-order valence-corrected chi connectivity index (χ2v) is 4.67. The van der Waals surface area contributed by atoms with Gasteiger partial charge in [-0.25, -0.2) is 4.79 Å². The highest BCUT2D eigenvalue weighted by molar-refractivity contribution is 5.89. The Kier molecular flexibility index (Phi) is 4.01. The van der Waals surface area contributed by atoms with Crippen LogP contribution in [0.5, 0.6) is 0 Å². The molecule has 0 fully saturated rings. The van der Waals surface area contributed by atoms with Gasteiger partial charge in [-0.3, -0.25) is 19.5 Å². The molecule has 0 aromatic carbocycles. The zero-order chi connectivity index (χ0) is 15.6. The van der Waals surface area contributed by atoms with E-state index in [1.807, 2.05) is 20.0 Å². The van der Waals surface area contributed by atoms with E-state index in [-0.39, 0.29) is 12.6 Å². The lowest BCUT2D eigenvalue weighted by molar-refractivity contribution is -0.385. The van der Waals surface area contributed by atoms with E-state index in [4.69, 9.17) is 5.11 Å². The fourth-order valence-corrected chi connectivity index (χ4v) is 1.84. The average molecular weight is 293 g/mol. The Morgan fingerprint density at radius 1 is 1.52 bits per heavy atom. The molecule has 2 rings (SSSR count). The molecule has 0 bridgehead atoms. The first-order chi connectivity index (χ1) is 9.92. The van der Waals surface area contributed by atoms with Crippen LogP contribution in [0.15, 0.2) is 18.5 Å². The molecule has 21 heavy (non-hydrogen) atoms. The van der Waals surface area contributed by atoms with Crippen LogP contribution >= 0.6 is 0 Å². The van der Waals surface area contributed by atoms with Crippen molar-refractivity contribution in [2.75, 3.05) is 0 Å². The van der Waals surface area contributed by atoms with E-state index in [9.17, 15) is 14.9 Å². The molecule has 0 saturated carbocycles. The van der Waals surface area contributed by atoms with Crippen molar-refractivity contribution in [3.8, 4) is 0 Å². The standard InChI is InChI=1S/C12H15N5O4/c1-3-8(2)16-5-4-9(13-16)6-15-7-10(17(20)21)11(14-15)12(18)19/h4-5,7-8H,3,6H2,1-2H3,(H,18,19). The molecule has 2 aromatic rings. The quantitative estimate of drug-likeness (QED) is 0.640. The number of nitrogens with zero attached hydrogens (tertiary/aromatic N) is 5. The first-order valence-corrected chi connectivity index (χ1v) is 6.41. The first-order valence-electron chi connectivity index (χ1n) is 6.41. The maximum atomic E-state index is 10.9. The first kappa shape index (κ1) is 14.7. The van der Waals surface area contributed by atoms with Crippen LogP contribution in [0.1, 0.15) is 42.5 Å². The van der Waals surface area contributed by atoms with Gasteiger partial charge in [0.15, 0.2) is 0 Å². The highest BCUT2D eigenvalue weighted by atomic mass is 16.6. The molecule has 0 amide bonds. The summed E-state index contributed by atoms with van der Waals surface area (Å²) >= 11 is 0. The summed E-state index contributed by atoms with van der Waals surface area (Å²) in [6, 6.07) is 2.03. The molecule has 0 aliphatic carbocycles. The van der Waals surface area contributed by atoms with Crippen LogP contribution in [0.4, 0.5) is 5.69 Å². The third-order valence-electron chi connectivity index (χ3n) is 3.17. The third kappa shape index (κ3) is 3.07. The van der Waals surface area contributed by atoms with Gasteiger partial charge in [-0.1, -0.05) is 6.92 Å². The monoisotopic (exact) mass is 293 g/mol. The van der Waals surface area contributed by atoms with E-state index >= 15 is 0 Å². The lowest BCUT2D eigenvalue weighted by atomic mass is 10.3. The molecule has 9 heteroatoms. The van der Waals surface area contributed by atoms with Crippen molar-refractivity contribution in [2.45, 2.75) is 32.9 Å². The summed E-state index contributed by atoms with van der Waals surface area (Å²) in [7, 11) is 0. The minimum atomic E-state index is -1.43. The minimum absolute atomic E-state index is 0.178. The molecule has 1 unspecified atom stereocenters. The molecular formula is C12H15N5O4. The maximum absolute atomic E-state index is 10.9. The Hall–Kier alpha value is -2.71. The van der Waals surface area contributed by atoms with Gasteiger partial charge in [0.1, 0.15) is 6.20 Å². The molecule has 1 N–H and O–H groups in total. The number of nitro groups is 1. The predicted octanol–water partition coefficient (Wildman–Crippen LogP) is 1.71. The molecule has 0 saturated heterocycles. The molecule has 0 aliphatic rings. The summed E-state index contributed by atoms with van der Waals surface area (Å²) in [6.07, 6.45) is 3.85. The Morgan fingerprint density at radius 2 is 2.24 bits per heavy atom. The van der Waals surface area contributed by atoms with Crippen molar-refractivity contribution in [1.29, 1.82) is 0 Å². The van der Waals surface area contributed by atoms with Crippen LogP contribution < -0.4 is 0 Å². The number of carbonyl (C=O) groups is 1. The highest BCUT2D eigenvalue weighted by Gasteiger charge is 2.25. The van der Waals surface area contributed by atoms with Crippen LogP contribution in [0, 0.1) is 10.1 Å². The van der Waals surface area contributed by atoms with Crippen molar-refractivity contribution < 1.29 is 14.8 Å². The van der Waals surface area contributed by atoms with Crippen molar-refractivity contribution >= 4 is 11.7 Å². The van der Waals surface area contributed by atoms with Crippen LogP contribution in [0.3, 0.4) is 0 Å². The molecule has 112 valence electrons. The second kappa shape index (κ2) is 5.73.